The topological polar surface area (TPSA) is 69.5 Å². The van der Waals surface area contributed by atoms with Crippen LogP contribution in [0.2, 0.25) is 0 Å². The number of nitrogens with zero attached hydrogens (tertiary/aromatic N) is 4. The number of benzene rings is 1. The van der Waals surface area contributed by atoms with Crippen LogP contribution in [0.5, 0.6) is 5.75 Å². The second-order valence-electron chi connectivity index (χ2n) is 7.24. The lowest BCUT2D eigenvalue weighted by Gasteiger charge is -2.28. The van der Waals surface area contributed by atoms with Crippen LogP contribution in [0.1, 0.15) is 31.1 Å². The molecule has 1 aromatic heterocycles. The average molecular weight is 405 g/mol. The number of anilines is 1. The predicted octanol–water partition coefficient (Wildman–Crippen LogP) is 3.14. The summed E-state index contributed by atoms with van der Waals surface area (Å²) in [6.07, 6.45) is 0. The smallest absolute Gasteiger partial charge is 0.228 e. The van der Waals surface area contributed by atoms with E-state index in [4.69, 9.17) is 9.47 Å². The maximum absolute atomic E-state index is 12.8. The Morgan fingerprint density at radius 1 is 1.18 bits per heavy atom. The van der Waals surface area contributed by atoms with Gasteiger partial charge in [0.2, 0.25) is 5.95 Å². The number of methoxy groups -OCH3 is 1. The normalized spacial score (nSPS) is 15.7. The minimum absolute atomic E-state index is 0.0691. The monoisotopic (exact) mass is 404 g/mol. The molecule has 1 aromatic carbocycles. The summed E-state index contributed by atoms with van der Waals surface area (Å²) in [6, 6.07) is 7.22. The highest BCUT2D eigenvalue weighted by atomic mass is 32.2. The fourth-order valence-electron chi connectivity index (χ4n) is 3.09. The Hall–Kier alpha value is -2.06. The number of hydrogen-bond donors (Lipinski definition) is 0. The molecule has 1 saturated heterocycles. The number of aromatic nitrogens is 3. The van der Waals surface area contributed by atoms with Crippen molar-refractivity contribution in [3.63, 3.8) is 0 Å². The van der Waals surface area contributed by atoms with Gasteiger partial charge in [-0.05, 0) is 37.1 Å². The number of Topliss-reactive ketones (excluding diaryl/α,β-unsaturated/α-hetero) is 1. The van der Waals surface area contributed by atoms with Crippen LogP contribution in [0.4, 0.5) is 5.95 Å². The molecular formula is C20H28N4O3S. The maximum Gasteiger partial charge on any atom is 0.228 e. The molecule has 8 heteroatoms. The second-order valence-corrected chi connectivity index (χ2v) is 8.55. The van der Waals surface area contributed by atoms with Gasteiger partial charge in [-0.2, -0.15) is 0 Å². The van der Waals surface area contributed by atoms with Crippen LogP contribution in [-0.2, 0) is 11.3 Å². The Morgan fingerprint density at radius 3 is 2.46 bits per heavy atom. The first-order chi connectivity index (χ1) is 13.5. The molecule has 0 spiro atoms. The Morgan fingerprint density at radius 2 is 1.86 bits per heavy atom. The van der Waals surface area contributed by atoms with Crippen LogP contribution < -0.4 is 9.64 Å². The minimum Gasteiger partial charge on any atom is -0.497 e. The van der Waals surface area contributed by atoms with Crippen molar-refractivity contribution in [3.05, 3.63) is 29.8 Å². The van der Waals surface area contributed by atoms with E-state index in [1.165, 1.54) is 11.8 Å². The number of carbonyl (C=O) groups excluding carboxylic acids is 1. The van der Waals surface area contributed by atoms with E-state index in [9.17, 15) is 4.79 Å². The molecule has 1 unspecified atom stereocenters. The molecular weight excluding hydrogens is 376 g/mol. The predicted molar refractivity (Wildman–Crippen MR) is 111 cm³/mol. The summed E-state index contributed by atoms with van der Waals surface area (Å²) in [5, 5.41) is 9.36. The van der Waals surface area contributed by atoms with Gasteiger partial charge in [0.25, 0.3) is 0 Å². The molecule has 0 aliphatic carbocycles. The van der Waals surface area contributed by atoms with Crippen LogP contribution in [0, 0.1) is 5.92 Å². The van der Waals surface area contributed by atoms with Crippen molar-refractivity contribution in [1.82, 2.24) is 14.8 Å². The number of morpholine rings is 1. The number of ketones is 1. The Bertz CT molecular complexity index is 785. The van der Waals surface area contributed by atoms with Crippen molar-refractivity contribution in [1.29, 1.82) is 0 Å². The van der Waals surface area contributed by atoms with Crippen molar-refractivity contribution in [3.8, 4) is 5.75 Å². The molecule has 0 radical (unpaired) electrons. The molecule has 0 amide bonds. The van der Waals surface area contributed by atoms with E-state index in [2.05, 4.69) is 33.5 Å². The van der Waals surface area contributed by atoms with Crippen molar-refractivity contribution >= 4 is 23.5 Å². The lowest BCUT2D eigenvalue weighted by atomic mass is 10.1. The van der Waals surface area contributed by atoms with E-state index in [0.29, 0.717) is 24.7 Å². The van der Waals surface area contributed by atoms with E-state index in [-0.39, 0.29) is 11.0 Å². The van der Waals surface area contributed by atoms with Gasteiger partial charge >= 0.3 is 0 Å². The van der Waals surface area contributed by atoms with Crippen molar-refractivity contribution in [2.75, 3.05) is 38.3 Å². The van der Waals surface area contributed by atoms with Gasteiger partial charge in [0.1, 0.15) is 5.75 Å². The lowest BCUT2D eigenvalue weighted by Crippen LogP contribution is -2.38. The highest BCUT2D eigenvalue weighted by Gasteiger charge is 2.24. The summed E-state index contributed by atoms with van der Waals surface area (Å²) in [6.45, 7) is 10.1. The average Bonchev–Trinajstić information content (AvgIpc) is 3.09. The first-order valence-corrected chi connectivity index (χ1v) is 10.5. The molecule has 0 N–H and O–H groups in total. The second kappa shape index (κ2) is 9.43. The van der Waals surface area contributed by atoms with E-state index in [0.717, 1.165) is 36.5 Å². The molecule has 1 aliphatic rings. The summed E-state index contributed by atoms with van der Waals surface area (Å²) in [7, 11) is 1.61. The first-order valence-electron chi connectivity index (χ1n) is 9.60. The number of thioether (sulfide) groups is 1. The standard InChI is InChI=1S/C20H28N4O3S/c1-14(2)13-24-19(23-9-11-27-12-10-23)21-22-20(24)28-15(3)18(25)16-5-7-17(26-4)8-6-16/h5-8,14-15H,9-13H2,1-4H3. The summed E-state index contributed by atoms with van der Waals surface area (Å²) in [4.78, 5) is 15.1. The third-order valence-electron chi connectivity index (χ3n) is 4.56. The van der Waals surface area contributed by atoms with Gasteiger partial charge in [-0.25, -0.2) is 0 Å². The van der Waals surface area contributed by atoms with Gasteiger partial charge in [-0.15, -0.1) is 10.2 Å². The molecule has 152 valence electrons. The summed E-state index contributed by atoms with van der Waals surface area (Å²) in [5.74, 6) is 2.12. The summed E-state index contributed by atoms with van der Waals surface area (Å²) >= 11 is 1.46. The number of hydrogen-bond acceptors (Lipinski definition) is 7. The van der Waals surface area contributed by atoms with Gasteiger partial charge in [-0.1, -0.05) is 25.6 Å². The molecule has 3 rings (SSSR count). The highest BCUT2D eigenvalue weighted by molar-refractivity contribution is 8.00. The van der Waals surface area contributed by atoms with Gasteiger partial charge in [0.15, 0.2) is 10.9 Å². The van der Waals surface area contributed by atoms with Crippen LogP contribution in [0.15, 0.2) is 29.4 Å². The Balaban J connectivity index is 1.77. The molecule has 0 bridgehead atoms. The van der Waals surface area contributed by atoms with Gasteiger partial charge in [0, 0.05) is 25.2 Å². The third-order valence-corrected chi connectivity index (χ3v) is 5.65. The number of ether oxygens (including phenoxy) is 2. The summed E-state index contributed by atoms with van der Waals surface area (Å²) in [5.41, 5.74) is 0.670. The quantitative estimate of drug-likeness (QED) is 0.494. The van der Waals surface area contributed by atoms with E-state index >= 15 is 0 Å². The van der Waals surface area contributed by atoms with Crippen LogP contribution in [0.25, 0.3) is 0 Å². The number of rotatable bonds is 8. The molecule has 1 aliphatic heterocycles. The highest BCUT2D eigenvalue weighted by Crippen LogP contribution is 2.29. The van der Waals surface area contributed by atoms with Crippen LogP contribution in [0.3, 0.4) is 0 Å². The Kier molecular flexibility index (Phi) is 6.96. The minimum atomic E-state index is -0.263. The fraction of sp³-hybridized carbons (Fsp3) is 0.550. The number of carbonyl (C=O) groups is 1. The summed E-state index contributed by atoms with van der Waals surface area (Å²) < 4.78 is 12.8. The Labute approximate surface area is 170 Å². The largest absolute Gasteiger partial charge is 0.497 e. The molecule has 7 nitrogen and oxygen atoms in total. The van der Waals surface area contributed by atoms with Gasteiger partial charge in [0.05, 0.1) is 25.6 Å². The molecule has 0 saturated carbocycles. The van der Waals surface area contributed by atoms with Crippen molar-refractivity contribution in [2.45, 2.75) is 37.7 Å². The first kappa shape index (κ1) is 20.7. The van der Waals surface area contributed by atoms with E-state index in [1.807, 2.05) is 19.1 Å². The zero-order valence-electron chi connectivity index (χ0n) is 16.9. The zero-order chi connectivity index (χ0) is 20.1. The van der Waals surface area contributed by atoms with Crippen molar-refractivity contribution < 1.29 is 14.3 Å². The molecule has 1 atom stereocenters. The van der Waals surface area contributed by atoms with E-state index in [1.54, 1.807) is 19.2 Å². The molecule has 2 heterocycles. The fourth-order valence-corrected chi connectivity index (χ4v) is 4.02. The van der Waals surface area contributed by atoms with Crippen LogP contribution >= 0.6 is 11.8 Å². The van der Waals surface area contributed by atoms with Crippen molar-refractivity contribution in [2.24, 2.45) is 5.92 Å². The van der Waals surface area contributed by atoms with Crippen LogP contribution in [-0.4, -0.2) is 59.2 Å². The van der Waals surface area contributed by atoms with Gasteiger partial charge in [-0.3, -0.25) is 9.36 Å². The maximum atomic E-state index is 12.8. The molecule has 28 heavy (non-hydrogen) atoms. The lowest BCUT2D eigenvalue weighted by molar-refractivity contribution is 0.0994. The molecule has 2 aromatic rings. The zero-order valence-corrected chi connectivity index (χ0v) is 17.7. The van der Waals surface area contributed by atoms with E-state index < -0.39 is 0 Å². The SMILES string of the molecule is COc1ccc(C(=O)C(C)Sc2nnc(N3CCOCC3)n2CC(C)C)cc1. The van der Waals surface area contributed by atoms with Gasteiger partial charge < -0.3 is 14.4 Å². The third kappa shape index (κ3) is 4.86. The molecule has 1 fully saturated rings.